The lowest BCUT2D eigenvalue weighted by atomic mass is 9.44. The third kappa shape index (κ3) is 7.95. The van der Waals surface area contributed by atoms with Gasteiger partial charge in [-0.2, -0.15) is 0 Å². The highest BCUT2D eigenvalue weighted by Crippen LogP contribution is 2.65. The van der Waals surface area contributed by atoms with Gasteiger partial charge in [-0.25, -0.2) is 9.59 Å². The quantitative estimate of drug-likeness (QED) is 0.0917. The number of nitrogens with one attached hydrogen (secondary N) is 1. The van der Waals surface area contributed by atoms with Crippen molar-refractivity contribution in [3.8, 4) is 0 Å². The van der Waals surface area contributed by atoms with E-state index in [1.54, 1.807) is 82.5 Å². The summed E-state index contributed by atoms with van der Waals surface area (Å²) in [4.78, 5) is 84.3. The lowest BCUT2D eigenvalue weighted by Gasteiger charge is -2.67. The van der Waals surface area contributed by atoms with Crippen molar-refractivity contribution in [1.29, 1.82) is 0 Å². The Kier molecular flexibility index (Phi) is 13.1. The van der Waals surface area contributed by atoms with Crippen LogP contribution in [0.3, 0.4) is 0 Å². The molecule has 16 nitrogen and oxygen atoms in total. The molecule has 0 unspecified atom stereocenters. The molecule has 2 saturated carbocycles. The maximum Gasteiger partial charge on any atom is 0.338 e. The van der Waals surface area contributed by atoms with Gasteiger partial charge in [0.1, 0.15) is 35.7 Å². The summed E-state index contributed by atoms with van der Waals surface area (Å²) in [6.07, 6.45) is -6.41. The van der Waals surface area contributed by atoms with E-state index in [1.165, 1.54) is 49.2 Å². The molecule has 3 aliphatic carbocycles. The van der Waals surface area contributed by atoms with Crippen LogP contribution < -0.4 is 5.32 Å². The number of ether oxygens (including phenoxy) is 6. The zero-order valence-electron chi connectivity index (χ0n) is 36.6. The number of amides is 1. The molecule has 7 rings (SSSR count). The Balaban J connectivity index is 1.41. The smallest absolute Gasteiger partial charge is 0.338 e. The van der Waals surface area contributed by atoms with E-state index < -0.39 is 113 Å². The topological polar surface area (TPSA) is 223 Å². The molecule has 342 valence electrons. The van der Waals surface area contributed by atoms with Gasteiger partial charge in [-0.05, 0) is 67.6 Å². The fraction of sp³-hybridized carbons (Fsp3) is 0.489. The van der Waals surface area contributed by atoms with Gasteiger partial charge < -0.3 is 48.4 Å². The Bertz CT molecular complexity index is 2300. The Labute approximate surface area is 374 Å². The summed E-state index contributed by atoms with van der Waals surface area (Å²) >= 11 is 1.33. The zero-order valence-corrected chi connectivity index (χ0v) is 37.4. The van der Waals surface area contributed by atoms with Crippen LogP contribution in [0.25, 0.3) is 0 Å². The number of thioether (sulfide) groups is 1. The van der Waals surface area contributed by atoms with E-state index in [-0.39, 0.29) is 47.0 Å². The second kappa shape index (κ2) is 17.9. The molecule has 64 heavy (non-hydrogen) atoms. The number of furan rings is 1. The summed E-state index contributed by atoms with van der Waals surface area (Å²) in [5.41, 5.74) is -6.97. The first kappa shape index (κ1) is 46.7. The highest BCUT2D eigenvalue weighted by molar-refractivity contribution is 7.98. The van der Waals surface area contributed by atoms with Gasteiger partial charge in [0.05, 0.1) is 41.8 Å². The number of esters is 4. The molecule has 11 atom stereocenters. The predicted octanol–water partition coefficient (Wildman–Crippen LogP) is 4.67. The van der Waals surface area contributed by atoms with Crippen LogP contribution in [0.15, 0.2) is 94.6 Å². The van der Waals surface area contributed by atoms with Crippen molar-refractivity contribution in [2.24, 2.45) is 16.7 Å². The van der Waals surface area contributed by atoms with Gasteiger partial charge in [-0.1, -0.05) is 50.2 Å². The van der Waals surface area contributed by atoms with Crippen LogP contribution in [-0.2, 0) is 47.6 Å². The van der Waals surface area contributed by atoms with Crippen LogP contribution in [0, 0.1) is 16.7 Å². The van der Waals surface area contributed by atoms with Gasteiger partial charge in [0.2, 0.25) is 0 Å². The van der Waals surface area contributed by atoms with Gasteiger partial charge in [0, 0.05) is 37.7 Å². The minimum atomic E-state index is -2.36. The average Bonchev–Trinajstić information content (AvgIpc) is 3.80. The van der Waals surface area contributed by atoms with E-state index in [9.17, 15) is 34.2 Å². The molecule has 17 heteroatoms. The number of carbonyl (C=O) groups excluding carboxylic acids is 6. The summed E-state index contributed by atoms with van der Waals surface area (Å²) < 4.78 is 42.8. The molecule has 1 aliphatic heterocycles. The number of hydrogen-bond acceptors (Lipinski definition) is 16. The normalized spacial score (nSPS) is 31.3. The minimum Gasteiger partial charge on any atom is -0.467 e. The lowest BCUT2D eigenvalue weighted by Crippen LogP contribution is -2.82. The van der Waals surface area contributed by atoms with Crippen LogP contribution in [0.5, 0.6) is 0 Å². The van der Waals surface area contributed by atoms with E-state index in [2.05, 4.69) is 5.32 Å². The lowest BCUT2D eigenvalue weighted by molar-refractivity contribution is -0.347. The first-order chi connectivity index (χ1) is 30.3. The van der Waals surface area contributed by atoms with Crippen molar-refractivity contribution in [3.63, 3.8) is 0 Å². The highest BCUT2D eigenvalue weighted by Gasteiger charge is 2.78. The maximum absolute atomic E-state index is 15.9. The fourth-order valence-electron chi connectivity index (χ4n) is 10.3. The number of hydrogen-bond donors (Lipinski definition) is 3. The SMILES string of the molecule is CSCO[C@H]1C[C@H]2OC[C@@]2(OC(C)=O)[C@H]2[C@H](OC(=O)c3ccccc3)[C@]3(O)C[C@H](OC(=O)[C@H](O)[C@H](NC(=O)c4ccccc4)c4ccco4)C(C)=C([C@@H](OC(C)=O)C(=O)[C@]12C)C3(C)C. The Morgan fingerprint density at radius 3 is 2.12 bits per heavy atom. The first-order valence-electron chi connectivity index (χ1n) is 20.9. The number of benzene rings is 2. The Morgan fingerprint density at radius 1 is 0.906 bits per heavy atom. The van der Waals surface area contributed by atoms with Crippen molar-refractivity contribution in [2.45, 2.75) is 108 Å². The molecule has 2 bridgehead atoms. The minimum absolute atomic E-state index is 0.0219. The molecule has 0 spiro atoms. The van der Waals surface area contributed by atoms with Crippen molar-refractivity contribution < 1.29 is 71.8 Å². The maximum atomic E-state index is 15.9. The van der Waals surface area contributed by atoms with Gasteiger partial charge in [-0.15, -0.1) is 11.8 Å². The summed E-state index contributed by atoms with van der Waals surface area (Å²) in [5.74, 6) is -6.42. The number of Topliss-reactive ketones (excluding diaryl/α,β-unsaturated/α-hetero) is 1. The molecule has 3 fully saturated rings. The third-order valence-electron chi connectivity index (χ3n) is 13.5. The van der Waals surface area contributed by atoms with Gasteiger partial charge in [0.25, 0.3) is 5.91 Å². The number of aliphatic hydroxyl groups excluding tert-OH is 1. The number of carbonyl (C=O) groups is 6. The summed E-state index contributed by atoms with van der Waals surface area (Å²) in [6, 6.07) is 17.6. The van der Waals surface area contributed by atoms with Crippen molar-refractivity contribution >= 4 is 47.3 Å². The molecular weight excluding hydrogens is 851 g/mol. The molecule has 4 aliphatic rings. The fourth-order valence-corrected chi connectivity index (χ4v) is 10.6. The van der Waals surface area contributed by atoms with Crippen molar-refractivity contribution in [3.05, 3.63) is 107 Å². The first-order valence-corrected chi connectivity index (χ1v) is 22.3. The van der Waals surface area contributed by atoms with Crippen LogP contribution in [0.2, 0.25) is 0 Å². The van der Waals surface area contributed by atoms with E-state index >= 15 is 4.79 Å². The van der Waals surface area contributed by atoms with Gasteiger partial charge in [0.15, 0.2) is 23.6 Å². The molecule has 1 aromatic heterocycles. The molecule has 3 N–H and O–H groups in total. The standard InChI is InChI=1S/C47H53NO15S/c1-25-31(61-43(55)36(51)35(30-19-14-20-57-30)48-41(53)28-15-10-8-11-16-28)22-47(56)40(62-42(54)29-17-12-9-13-18-29)38-45(6,39(52)37(60-26(2)49)34(25)44(47,4)5)32(59-24-64-7)21-33-46(38,23-58-33)63-27(3)50/h8-20,31-33,35-38,40,51,56H,21-24H2,1-7H3,(H,48,53)/t31-,32-,33+,35+,36+,37+,38-,40-,45+,46-,47+/m0/s1. The second-order valence-electron chi connectivity index (χ2n) is 17.5. The highest BCUT2D eigenvalue weighted by atomic mass is 32.2. The van der Waals surface area contributed by atoms with Crippen LogP contribution in [0.4, 0.5) is 0 Å². The van der Waals surface area contributed by atoms with E-state index in [4.69, 9.17) is 32.8 Å². The zero-order chi connectivity index (χ0) is 46.4. The number of aliphatic hydroxyl groups is 2. The molecule has 2 heterocycles. The molecular formula is C47H53NO15S. The van der Waals surface area contributed by atoms with E-state index in [0.29, 0.717) is 0 Å². The largest absolute Gasteiger partial charge is 0.467 e. The summed E-state index contributed by atoms with van der Waals surface area (Å²) in [7, 11) is 0. The van der Waals surface area contributed by atoms with Crippen molar-refractivity contribution in [1.82, 2.24) is 5.32 Å². The second-order valence-corrected chi connectivity index (χ2v) is 18.3. The monoisotopic (exact) mass is 903 g/mol. The van der Waals surface area contributed by atoms with Crippen molar-refractivity contribution in [2.75, 3.05) is 18.8 Å². The van der Waals surface area contributed by atoms with Gasteiger partial charge >= 0.3 is 23.9 Å². The number of rotatable bonds is 13. The predicted molar refractivity (Wildman–Crippen MR) is 227 cm³/mol. The molecule has 2 aromatic carbocycles. The van der Waals surface area contributed by atoms with E-state index in [0.717, 1.165) is 6.92 Å². The van der Waals surface area contributed by atoms with Crippen LogP contribution in [-0.4, -0.2) is 112 Å². The summed E-state index contributed by atoms with van der Waals surface area (Å²) in [5, 5.41) is 28.2. The number of fused-ring (bicyclic) bond motifs is 5. The molecule has 3 aromatic rings. The Morgan fingerprint density at radius 2 is 1.56 bits per heavy atom. The average molecular weight is 904 g/mol. The van der Waals surface area contributed by atoms with Gasteiger partial charge in [-0.3, -0.25) is 19.2 Å². The Hall–Kier alpha value is -5.33. The molecule has 1 amide bonds. The van der Waals surface area contributed by atoms with Crippen LogP contribution >= 0.6 is 11.8 Å². The summed E-state index contributed by atoms with van der Waals surface area (Å²) in [6.45, 7) is 8.37. The third-order valence-corrected chi connectivity index (χ3v) is 13.9. The van der Waals surface area contributed by atoms with Crippen LogP contribution in [0.1, 0.15) is 86.9 Å². The molecule has 0 radical (unpaired) electrons. The molecule has 1 saturated heterocycles. The van der Waals surface area contributed by atoms with E-state index in [1.807, 2.05) is 0 Å². The number of ketones is 1.